The molecule has 2 aromatic heterocycles. The molecule has 5 heteroatoms. The van der Waals surface area contributed by atoms with Crippen LogP contribution >= 0.6 is 0 Å². The Balaban J connectivity index is 1.61. The molecule has 0 atom stereocenters. The zero-order valence-corrected chi connectivity index (χ0v) is 9.66. The summed E-state index contributed by atoms with van der Waals surface area (Å²) >= 11 is 0. The van der Waals surface area contributed by atoms with Gasteiger partial charge in [0.2, 0.25) is 0 Å². The van der Waals surface area contributed by atoms with Crippen LogP contribution < -0.4 is 16.0 Å². The third-order valence-electron chi connectivity index (χ3n) is 2.46. The van der Waals surface area contributed by atoms with E-state index in [1.807, 2.05) is 24.5 Å². The molecule has 90 valence electrons. The van der Waals surface area contributed by atoms with E-state index >= 15 is 0 Å². The minimum Gasteiger partial charge on any atom is -0.365 e. The van der Waals surface area contributed by atoms with Crippen molar-refractivity contribution in [2.75, 3.05) is 18.8 Å². The number of hydrogen-bond donors (Lipinski definition) is 4. The number of anilines is 1. The molecule has 2 heterocycles. The molecular formula is C12H18N5+. The Bertz CT molecular complexity index is 455. The van der Waals surface area contributed by atoms with Crippen LogP contribution in [0.2, 0.25) is 0 Å². The number of nitrogens with one attached hydrogen (secondary N) is 4. The highest BCUT2D eigenvalue weighted by molar-refractivity contribution is 5.43. The number of nitrogens with two attached hydrogens (primary N) is 1. The minimum absolute atomic E-state index is 0.573. The Labute approximate surface area is 100 Å². The summed E-state index contributed by atoms with van der Waals surface area (Å²) in [5.74, 6) is 0.573. The number of rotatable bonds is 6. The smallest absolute Gasteiger partial charge is 0.350 e. The predicted molar refractivity (Wildman–Crippen MR) is 68.2 cm³/mol. The molecule has 0 spiro atoms. The highest BCUT2D eigenvalue weighted by Crippen LogP contribution is 1.96. The number of hydrogen-bond acceptors (Lipinski definition) is 2. The van der Waals surface area contributed by atoms with Gasteiger partial charge in [0.15, 0.2) is 0 Å². The molecule has 0 saturated heterocycles. The van der Waals surface area contributed by atoms with E-state index in [4.69, 9.17) is 5.73 Å². The second kappa shape index (κ2) is 5.91. The number of H-pyrrole nitrogens is 3. The topological polar surface area (TPSA) is 83.8 Å². The molecule has 2 rings (SSSR count). The first-order chi connectivity index (χ1) is 8.34. The van der Waals surface area contributed by atoms with E-state index in [0.717, 1.165) is 25.2 Å². The van der Waals surface area contributed by atoms with Crippen molar-refractivity contribution in [3.8, 4) is 0 Å². The summed E-state index contributed by atoms with van der Waals surface area (Å²) in [6, 6.07) is 4.11. The van der Waals surface area contributed by atoms with Gasteiger partial charge in [0.25, 0.3) is 0 Å². The van der Waals surface area contributed by atoms with Gasteiger partial charge >= 0.3 is 5.95 Å². The van der Waals surface area contributed by atoms with Crippen molar-refractivity contribution in [3.63, 3.8) is 0 Å². The average Bonchev–Trinajstić information content (AvgIpc) is 2.95. The second-order valence-electron chi connectivity index (χ2n) is 3.83. The van der Waals surface area contributed by atoms with Crippen molar-refractivity contribution in [1.82, 2.24) is 15.3 Å². The Morgan fingerprint density at radius 3 is 3.12 bits per heavy atom. The normalized spacial score (nSPS) is 11.3. The average molecular weight is 232 g/mol. The molecule has 0 saturated carbocycles. The van der Waals surface area contributed by atoms with Crippen LogP contribution in [-0.2, 0) is 6.42 Å². The second-order valence-corrected chi connectivity index (χ2v) is 3.83. The number of imidazole rings is 1. The van der Waals surface area contributed by atoms with E-state index < -0.39 is 0 Å². The number of aromatic amines is 3. The maximum atomic E-state index is 5.52. The number of aromatic nitrogens is 3. The van der Waals surface area contributed by atoms with Crippen molar-refractivity contribution in [1.29, 1.82) is 0 Å². The van der Waals surface area contributed by atoms with E-state index in [1.54, 1.807) is 0 Å². The van der Waals surface area contributed by atoms with Gasteiger partial charge in [-0.25, -0.2) is 9.97 Å². The summed E-state index contributed by atoms with van der Waals surface area (Å²) in [4.78, 5) is 9.05. The van der Waals surface area contributed by atoms with Gasteiger partial charge in [-0.3, -0.25) is 5.73 Å². The molecule has 0 amide bonds. The molecular weight excluding hydrogens is 214 g/mol. The quantitative estimate of drug-likeness (QED) is 0.549. The Kier molecular flexibility index (Phi) is 3.99. The Hall–Kier alpha value is -2.01. The molecule has 0 aliphatic heterocycles. The maximum absolute atomic E-state index is 5.52. The summed E-state index contributed by atoms with van der Waals surface area (Å²) in [6.07, 6.45) is 8.86. The van der Waals surface area contributed by atoms with Crippen molar-refractivity contribution >= 4 is 12.0 Å². The monoisotopic (exact) mass is 232 g/mol. The van der Waals surface area contributed by atoms with Crippen molar-refractivity contribution < 1.29 is 4.98 Å². The zero-order chi connectivity index (χ0) is 11.9. The maximum Gasteiger partial charge on any atom is 0.350 e. The van der Waals surface area contributed by atoms with Crippen molar-refractivity contribution in [2.24, 2.45) is 0 Å². The fourth-order valence-electron chi connectivity index (χ4n) is 1.59. The van der Waals surface area contributed by atoms with Crippen LogP contribution in [0.25, 0.3) is 6.08 Å². The van der Waals surface area contributed by atoms with Crippen LogP contribution in [0.4, 0.5) is 5.95 Å². The molecule has 5 nitrogen and oxygen atoms in total. The fourth-order valence-corrected chi connectivity index (χ4v) is 1.59. The zero-order valence-electron chi connectivity index (χ0n) is 9.66. The first-order valence-electron chi connectivity index (χ1n) is 5.70. The van der Waals surface area contributed by atoms with Gasteiger partial charge < -0.3 is 10.3 Å². The molecule has 17 heavy (non-hydrogen) atoms. The van der Waals surface area contributed by atoms with Gasteiger partial charge in [-0.15, -0.1) is 0 Å². The highest BCUT2D eigenvalue weighted by Gasteiger charge is 1.96. The summed E-state index contributed by atoms with van der Waals surface area (Å²) < 4.78 is 0. The molecule has 0 bridgehead atoms. The Morgan fingerprint density at radius 2 is 2.41 bits per heavy atom. The third kappa shape index (κ3) is 3.81. The molecule has 2 aromatic rings. The van der Waals surface area contributed by atoms with Crippen LogP contribution in [0.3, 0.4) is 0 Å². The number of nitrogen functional groups attached to an aromatic ring is 1. The third-order valence-corrected chi connectivity index (χ3v) is 2.46. The fraction of sp³-hybridized carbons (Fsp3) is 0.250. The van der Waals surface area contributed by atoms with Crippen LogP contribution in [0.5, 0.6) is 0 Å². The minimum atomic E-state index is 0.573. The van der Waals surface area contributed by atoms with Gasteiger partial charge in [0.1, 0.15) is 11.9 Å². The van der Waals surface area contributed by atoms with Gasteiger partial charge in [-0.2, -0.15) is 0 Å². The van der Waals surface area contributed by atoms with E-state index in [0.29, 0.717) is 5.95 Å². The molecule has 0 aromatic carbocycles. The Morgan fingerprint density at radius 1 is 1.47 bits per heavy atom. The lowest BCUT2D eigenvalue weighted by Crippen LogP contribution is -2.17. The van der Waals surface area contributed by atoms with E-state index in [2.05, 4.69) is 32.4 Å². The summed E-state index contributed by atoms with van der Waals surface area (Å²) in [6.45, 7) is 1.81. The molecule has 0 aliphatic rings. The first kappa shape index (κ1) is 11.5. The standard InChI is InChI=1S/C12H17N5/c13-12-16-9-11(17-12)4-1-6-14-8-5-10-3-2-7-15-10/h1-4,7,9,14-15H,5-6,8H2,(H3,13,16,17)/p+1. The predicted octanol–water partition coefficient (Wildman–Crippen LogP) is 0.585. The largest absolute Gasteiger partial charge is 0.365 e. The van der Waals surface area contributed by atoms with Gasteiger partial charge in [-0.05, 0) is 24.6 Å². The van der Waals surface area contributed by atoms with Crippen LogP contribution in [0.15, 0.2) is 30.6 Å². The van der Waals surface area contributed by atoms with E-state index in [9.17, 15) is 0 Å². The first-order valence-corrected chi connectivity index (χ1v) is 5.70. The molecule has 0 aliphatic carbocycles. The summed E-state index contributed by atoms with van der Waals surface area (Å²) in [5, 5.41) is 3.34. The lowest BCUT2D eigenvalue weighted by Gasteiger charge is -1.99. The van der Waals surface area contributed by atoms with Gasteiger partial charge in [-0.1, -0.05) is 6.08 Å². The molecule has 0 fully saturated rings. The lowest BCUT2D eigenvalue weighted by atomic mass is 10.3. The highest BCUT2D eigenvalue weighted by atomic mass is 15.0. The summed E-state index contributed by atoms with van der Waals surface area (Å²) in [7, 11) is 0. The van der Waals surface area contributed by atoms with Gasteiger partial charge in [0, 0.05) is 25.0 Å². The molecule has 0 radical (unpaired) electrons. The van der Waals surface area contributed by atoms with E-state index in [1.165, 1.54) is 5.69 Å². The van der Waals surface area contributed by atoms with Crippen LogP contribution in [0, 0.1) is 0 Å². The van der Waals surface area contributed by atoms with Crippen LogP contribution in [0.1, 0.15) is 11.4 Å². The van der Waals surface area contributed by atoms with Gasteiger partial charge in [0.05, 0.1) is 0 Å². The lowest BCUT2D eigenvalue weighted by molar-refractivity contribution is -0.358. The summed E-state index contributed by atoms with van der Waals surface area (Å²) in [5.41, 5.74) is 7.76. The van der Waals surface area contributed by atoms with E-state index in [-0.39, 0.29) is 0 Å². The van der Waals surface area contributed by atoms with Crippen LogP contribution in [-0.4, -0.2) is 23.1 Å². The van der Waals surface area contributed by atoms with Crippen molar-refractivity contribution in [2.45, 2.75) is 6.42 Å². The molecule has 6 N–H and O–H groups in total. The molecule has 0 unspecified atom stereocenters. The van der Waals surface area contributed by atoms with Crippen molar-refractivity contribution in [3.05, 3.63) is 42.0 Å². The SMILES string of the molecule is Nc1[nH]c(C=CCNCCc2ccc[nH]2)c[nH+]1.